The number of benzene rings is 7. The zero-order valence-electron chi connectivity index (χ0n) is 33.4. The zero-order valence-corrected chi connectivity index (χ0v) is 33.4. The Kier molecular flexibility index (Phi) is 8.39. The molecule has 0 N–H and O–H groups in total. The molecule has 0 radical (unpaired) electrons. The van der Waals surface area contributed by atoms with Gasteiger partial charge in [0.05, 0.1) is 5.69 Å². The second-order valence-corrected chi connectivity index (χ2v) is 17.7. The van der Waals surface area contributed by atoms with Crippen LogP contribution >= 0.6 is 0 Å². The molecule has 282 valence electrons. The molecular formula is C55H51NO. The number of para-hydroxylation sites is 1. The predicted molar refractivity (Wildman–Crippen MR) is 241 cm³/mol. The van der Waals surface area contributed by atoms with Gasteiger partial charge in [0, 0.05) is 33.1 Å². The van der Waals surface area contributed by atoms with E-state index in [0.717, 1.165) is 27.5 Å². The third-order valence-corrected chi connectivity index (χ3v) is 14.1. The highest BCUT2D eigenvalue weighted by Gasteiger charge is 2.38. The molecule has 2 fully saturated rings. The van der Waals surface area contributed by atoms with Crippen LogP contribution in [0.15, 0.2) is 144 Å². The van der Waals surface area contributed by atoms with Crippen molar-refractivity contribution in [1.82, 2.24) is 0 Å². The van der Waals surface area contributed by atoms with E-state index >= 15 is 0 Å². The molecule has 0 aliphatic heterocycles. The number of anilines is 3. The fourth-order valence-electron chi connectivity index (χ4n) is 11.1. The third-order valence-electron chi connectivity index (χ3n) is 14.1. The molecule has 0 saturated heterocycles. The Labute approximate surface area is 337 Å². The first-order chi connectivity index (χ1) is 28.0. The number of hydrogen-bond donors (Lipinski definition) is 0. The molecule has 1 heterocycles. The Balaban J connectivity index is 1.14. The first-order valence-electron chi connectivity index (χ1n) is 21.6. The summed E-state index contributed by atoms with van der Waals surface area (Å²) in [6.45, 7) is 4.86. The monoisotopic (exact) mass is 741 g/mol. The second-order valence-electron chi connectivity index (χ2n) is 17.7. The van der Waals surface area contributed by atoms with E-state index in [1.54, 1.807) is 5.56 Å². The van der Waals surface area contributed by atoms with Crippen molar-refractivity contribution in [3.8, 4) is 22.3 Å². The maximum absolute atomic E-state index is 6.52. The molecule has 0 atom stereocenters. The summed E-state index contributed by atoms with van der Waals surface area (Å²) in [5, 5.41) is 4.78. The van der Waals surface area contributed by atoms with E-state index in [-0.39, 0.29) is 5.41 Å². The van der Waals surface area contributed by atoms with Gasteiger partial charge in [0.2, 0.25) is 0 Å². The summed E-state index contributed by atoms with van der Waals surface area (Å²) in [5.74, 6) is 1.28. The van der Waals surface area contributed by atoms with E-state index in [0.29, 0.717) is 11.8 Å². The van der Waals surface area contributed by atoms with Crippen LogP contribution in [0.3, 0.4) is 0 Å². The molecule has 1 aromatic heterocycles. The van der Waals surface area contributed by atoms with Crippen LogP contribution in [-0.4, -0.2) is 0 Å². The van der Waals surface area contributed by atoms with E-state index in [1.807, 2.05) is 0 Å². The van der Waals surface area contributed by atoms with Gasteiger partial charge in [-0.3, -0.25) is 0 Å². The molecule has 0 bridgehead atoms. The molecule has 8 aromatic rings. The molecule has 2 nitrogen and oxygen atoms in total. The Morgan fingerprint density at radius 2 is 1.21 bits per heavy atom. The molecule has 7 aromatic carbocycles. The topological polar surface area (TPSA) is 16.4 Å². The maximum atomic E-state index is 6.52. The van der Waals surface area contributed by atoms with Crippen molar-refractivity contribution in [2.45, 2.75) is 95.3 Å². The Morgan fingerprint density at radius 3 is 2.02 bits per heavy atom. The number of rotatable bonds is 6. The fraction of sp³-hybridized carbons (Fsp3) is 0.273. The molecule has 0 amide bonds. The van der Waals surface area contributed by atoms with Gasteiger partial charge in [0.25, 0.3) is 0 Å². The summed E-state index contributed by atoms with van der Waals surface area (Å²) >= 11 is 0. The average molecular weight is 742 g/mol. The van der Waals surface area contributed by atoms with Crippen LogP contribution in [0.4, 0.5) is 17.1 Å². The largest absolute Gasteiger partial charge is 0.456 e. The first kappa shape index (κ1) is 34.6. The van der Waals surface area contributed by atoms with E-state index < -0.39 is 0 Å². The van der Waals surface area contributed by atoms with Crippen LogP contribution < -0.4 is 4.90 Å². The van der Waals surface area contributed by atoms with Crippen molar-refractivity contribution >= 4 is 49.8 Å². The highest BCUT2D eigenvalue weighted by molar-refractivity contribution is 6.10. The second kappa shape index (κ2) is 13.8. The molecule has 3 aliphatic carbocycles. The summed E-state index contributed by atoms with van der Waals surface area (Å²) in [6.07, 6.45) is 13.3. The Hall–Kier alpha value is -5.60. The van der Waals surface area contributed by atoms with Gasteiger partial charge in [0.1, 0.15) is 11.2 Å². The maximum Gasteiger partial charge on any atom is 0.136 e. The molecular weight excluding hydrogens is 691 g/mol. The van der Waals surface area contributed by atoms with Crippen molar-refractivity contribution in [2.75, 3.05) is 4.90 Å². The summed E-state index contributed by atoms with van der Waals surface area (Å²) in [4.78, 5) is 2.55. The lowest BCUT2D eigenvalue weighted by Gasteiger charge is -2.30. The Bertz CT molecular complexity index is 2790. The van der Waals surface area contributed by atoms with Gasteiger partial charge in [-0.25, -0.2) is 0 Å². The van der Waals surface area contributed by atoms with E-state index in [4.69, 9.17) is 4.42 Å². The van der Waals surface area contributed by atoms with Gasteiger partial charge in [0.15, 0.2) is 0 Å². The standard InChI is InChI=1S/C55H51NO/c1-55(2)48-32-30-42(35-47(48)54-44(21-13-22-49(54)55)38-16-7-4-8-17-38)56(41-28-24-37(25-29-41)36-14-5-3-6-15-36)50-33-27-39-18-9-10-19-43(39)53(50)40-26-31-46-45-20-11-12-23-51(45)57-52(46)34-40/h9-13,18-36,38H,3-8,14-17H2,1-2H3. The molecule has 11 rings (SSSR count). The normalized spacial score (nSPS) is 16.9. The average Bonchev–Trinajstić information content (AvgIpc) is 3.75. The van der Waals surface area contributed by atoms with Crippen molar-refractivity contribution in [2.24, 2.45) is 0 Å². The number of nitrogens with zero attached hydrogens (tertiary/aromatic N) is 1. The highest BCUT2D eigenvalue weighted by Crippen LogP contribution is 2.55. The number of fused-ring (bicyclic) bond motifs is 7. The summed E-state index contributed by atoms with van der Waals surface area (Å²) in [7, 11) is 0. The summed E-state index contributed by atoms with van der Waals surface area (Å²) < 4.78 is 6.52. The highest BCUT2D eigenvalue weighted by atomic mass is 16.3. The molecule has 0 spiro atoms. The van der Waals surface area contributed by atoms with Crippen molar-refractivity contribution in [3.05, 3.63) is 162 Å². The molecule has 0 unspecified atom stereocenters. The lowest BCUT2D eigenvalue weighted by molar-refractivity contribution is 0.443. The lowest BCUT2D eigenvalue weighted by atomic mass is 9.78. The van der Waals surface area contributed by atoms with Gasteiger partial charge < -0.3 is 9.32 Å². The van der Waals surface area contributed by atoms with E-state index in [2.05, 4.69) is 158 Å². The predicted octanol–water partition coefficient (Wildman–Crippen LogP) is 16.3. The fourth-order valence-corrected chi connectivity index (χ4v) is 11.1. The van der Waals surface area contributed by atoms with Crippen LogP contribution in [0.1, 0.15) is 112 Å². The van der Waals surface area contributed by atoms with Gasteiger partial charge in [-0.1, -0.05) is 143 Å². The first-order valence-corrected chi connectivity index (χ1v) is 21.6. The van der Waals surface area contributed by atoms with Crippen LogP contribution in [-0.2, 0) is 5.41 Å². The van der Waals surface area contributed by atoms with Gasteiger partial charge in [-0.05, 0) is 136 Å². The number of furan rings is 1. The zero-order chi connectivity index (χ0) is 38.1. The molecule has 3 aliphatic rings. The van der Waals surface area contributed by atoms with Crippen LogP contribution in [0.2, 0.25) is 0 Å². The van der Waals surface area contributed by atoms with Gasteiger partial charge in [-0.2, -0.15) is 0 Å². The minimum Gasteiger partial charge on any atom is -0.456 e. The number of hydrogen-bond acceptors (Lipinski definition) is 2. The van der Waals surface area contributed by atoms with Crippen LogP contribution in [0.25, 0.3) is 55.0 Å². The molecule has 2 saturated carbocycles. The van der Waals surface area contributed by atoms with Gasteiger partial charge >= 0.3 is 0 Å². The minimum absolute atomic E-state index is 0.0591. The van der Waals surface area contributed by atoms with E-state index in [9.17, 15) is 0 Å². The minimum atomic E-state index is -0.0591. The molecule has 2 heteroatoms. The SMILES string of the molecule is CC1(C)c2ccc(N(c3ccc(C4CCCCC4)cc3)c3ccc4ccccc4c3-c3ccc4c(c3)oc3ccccc34)cc2-c2c(C3CCCCC3)cccc21. The molecule has 57 heavy (non-hydrogen) atoms. The summed E-state index contributed by atoms with van der Waals surface area (Å²) in [6, 6.07) is 52.9. The van der Waals surface area contributed by atoms with Crippen molar-refractivity contribution in [3.63, 3.8) is 0 Å². The smallest absolute Gasteiger partial charge is 0.136 e. The van der Waals surface area contributed by atoms with Gasteiger partial charge in [-0.15, -0.1) is 0 Å². The Morgan fingerprint density at radius 1 is 0.509 bits per heavy atom. The van der Waals surface area contributed by atoms with Crippen molar-refractivity contribution < 1.29 is 4.42 Å². The lowest BCUT2D eigenvalue weighted by Crippen LogP contribution is -2.16. The van der Waals surface area contributed by atoms with Crippen molar-refractivity contribution in [1.29, 1.82) is 0 Å². The van der Waals surface area contributed by atoms with Crippen LogP contribution in [0.5, 0.6) is 0 Å². The quantitative estimate of drug-likeness (QED) is 0.169. The summed E-state index contributed by atoms with van der Waals surface area (Å²) in [5.41, 5.74) is 16.6. The third kappa shape index (κ3) is 5.74. The van der Waals surface area contributed by atoms with Crippen LogP contribution in [0, 0.1) is 0 Å². The van der Waals surface area contributed by atoms with E-state index in [1.165, 1.54) is 125 Å².